The molecule has 4 heteroatoms. The van der Waals surface area contributed by atoms with E-state index in [1.54, 1.807) is 6.07 Å². The fraction of sp³-hybridized carbons (Fsp3) is 0.600. The Morgan fingerprint density at radius 1 is 1.43 bits per heavy atom. The van der Waals surface area contributed by atoms with Crippen LogP contribution in [0.25, 0.3) is 0 Å². The minimum atomic E-state index is 0.463. The zero-order valence-corrected chi connectivity index (χ0v) is 9.07. The summed E-state index contributed by atoms with van der Waals surface area (Å²) in [6.07, 6.45) is 2.33. The average Bonchev–Trinajstić information content (AvgIpc) is 2.18. The average molecular weight is 194 g/mol. The molecule has 1 atom stereocenters. The molecule has 0 aliphatic heterocycles. The van der Waals surface area contributed by atoms with Crippen LogP contribution >= 0.6 is 0 Å². The van der Waals surface area contributed by atoms with E-state index in [0.717, 1.165) is 12.2 Å². The second kappa shape index (κ2) is 4.79. The number of anilines is 2. The highest BCUT2D eigenvalue weighted by Crippen LogP contribution is 2.13. The maximum absolute atomic E-state index is 5.47. The first-order chi connectivity index (χ1) is 6.65. The molecule has 0 aliphatic rings. The highest BCUT2D eigenvalue weighted by molar-refractivity contribution is 5.41. The monoisotopic (exact) mass is 194 g/mol. The molecule has 78 valence electrons. The van der Waals surface area contributed by atoms with Gasteiger partial charge >= 0.3 is 0 Å². The molecule has 0 fully saturated rings. The smallest absolute Gasteiger partial charge is 0.151 e. The lowest BCUT2D eigenvalue weighted by atomic mass is 10.2. The standard InChI is InChI=1S/C10H18N4/c1-4-5-8(2)14(3)10-7-6-9(11)12-13-10/h6-8H,4-5H2,1-3H3,(H2,11,12). The summed E-state index contributed by atoms with van der Waals surface area (Å²) in [5.74, 6) is 1.34. The molecular weight excluding hydrogens is 176 g/mol. The van der Waals surface area contributed by atoms with Gasteiger partial charge in [0, 0.05) is 13.1 Å². The lowest BCUT2D eigenvalue weighted by molar-refractivity contribution is 0.608. The molecule has 0 bridgehead atoms. The summed E-state index contributed by atoms with van der Waals surface area (Å²) >= 11 is 0. The summed E-state index contributed by atoms with van der Waals surface area (Å²) in [6, 6.07) is 4.16. The van der Waals surface area contributed by atoms with E-state index in [1.165, 1.54) is 6.42 Å². The molecular formula is C10H18N4. The predicted octanol–water partition coefficient (Wildman–Crippen LogP) is 1.68. The van der Waals surface area contributed by atoms with Crippen molar-refractivity contribution in [3.05, 3.63) is 12.1 Å². The molecule has 1 heterocycles. The van der Waals surface area contributed by atoms with Crippen LogP contribution in [-0.2, 0) is 0 Å². The van der Waals surface area contributed by atoms with Gasteiger partial charge in [-0.3, -0.25) is 0 Å². The first-order valence-corrected chi connectivity index (χ1v) is 4.97. The lowest BCUT2D eigenvalue weighted by Crippen LogP contribution is -2.29. The molecule has 0 radical (unpaired) electrons. The highest BCUT2D eigenvalue weighted by Gasteiger charge is 2.09. The number of nitrogen functional groups attached to an aromatic ring is 1. The van der Waals surface area contributed by atoms with Crippen molar-refractivity contribution in [3.8, 4) is 0 Å². The van der Waals surface area contributed by atoms with Crippen LogP contribution in [0.1, 0.15) is 26.7 Å². The number of hydrogen-bond acceptors (Lipinski definition) is 4. The second-order valence-corrected chi connectivity index (χ2v) is 3.56. The third-order valence-corrected chi connectivity index (χ3v) is 2.40. The highest BCUT2D eigenvalue weighted by atomic mass is 15.3. The third-order valence-electron chi connectivity index (χ3n) is 2.40. The number of rotatable bonds is 4. The van der Waals surface area contributed by atoms with Gasteiger partial charge in [0.05, 0.1) is 0 Å². The molecule has 2 N–H and O–H groups in total. The first kappa shape index (κ1) is 10.8. The zero-order chi connectivity index (χ0) is 10.6. The SMILES string of the molecule is CCCC(C)N(C)c1ccc(N)nn1. The van der Waals surface area contributed by atoms with Gasteiger partial charge in [0.15, 0.2) is 5.82 Å². The second-order valence-electron chi connectivity index (χ2n) is 3.56. The van der Waals surface area contributed by atoms with E-state index in [2.05, 4.69) is 28.9 Å². The minimum Gasteiger partial charge on any atom is -0.382 e. The van der Waals surface area contributed by atoms with Crippen molar-refractivity contribution in [3.63, 3.8) is 0 Å². The Bertz CT molecular complexity index is 270. The van der Waals surface area contributed by atoms with Crippen LogP contribution in [0.2, 0.25) is 0 Å². The first-order valence-electron chi connectivity index (χ1n) is 4.97. The largest absolute Gasteiger partial charge is 0.382 e. The van der Waals surface area contributed by atoms with Gasteiger partial charge in [-0.05, 0) is 25.5 Å². The molecule has 0 aromatic carbocycles. The van der Waals surface area contributed by atoms with Crippen molar-refractivity contribution in [2.24, 2.45) is 0 Å². The van der Waals surface area contributed by atoms with Crippen molar-refractivity contribution >= 4 is 11.6 Å². The van der Waals surface area contributed by atoms with Crippen LogP contribution in [0.15, 0.2) is 12.1 Å². The van der Waals surface area contributed by atoms with Crippen LogP contribution in [-0.4, -0.2) is 23.3 Å². The van der Waals surface area contributed by atoms with E-state index in [0.29, 0.717) is 11.9 Å². The molecule has 1 unspecified atom stereocenters. The number of hydrogen-bond donors (Lipinski definition) is 1. The molecule has 1 aromatic rings. The topological polar surface area (TPSA) is 55.0 Å². The van der Waals surface area contributed by atoms with Crippen LogP contribution in [0.5, 0.6) is 0 Å². The van der Waals surface area contributed by atoms with Gasteiger partial charge in [-0.15, -0.1) is 10.2 Å². The number of nitrogens with two attached hydrogens (primary N) is 1. The Morgan fingerprint density at radius 3 is 2.64 bits per heavy atom. The van der Waals surface area contributed by atoms with Crippen molar-refractivity contribution in [2.45, 2.75) is 32.7 Å². The Labute approximate surface area is 85.1 Å². The van der Waals surface area contributed by atoms with Gasteiger partial charge in [-0.1, -0.05) is 13.3 Å². The van der Waals surface area contributed by atoms with Gasteiger partial charge in [0.25, 0.3) is 0 Å². The summed E-state index contributed by atoms with van der Waals surface area (Å²) in [7, 11) is 2.03. The van der Waals surface area contributed by atoms with E-state index in [4.69, 9.17) is 5.73 Å². The van der Waals surface area contributed by atoms with Gasteiger partial charge < -0.3 is 10.6 Å². The maximum atomic E-state index is 5.47. The maximum Gasteiger partial charge on any atom is 0.151 e. The lowest BCUT2D eigenvalue weighted by Gasteiger charge is -2.24. The molecule has 0 spiro atoms. The van der Waals surface area contributed by atoms with Crippen LogP contribution in [0.3, 0.4) is 0 Å². The van der Waals surface area contributed by atoms with Crippen molar-refractivity contribution in [2.75, 3.05) is 17.7 Å². The molecule has 0 aliphatic carbocycles. The van der Waals surface area contributed by atoms with Crippen LogP contribution in [0, 0.1) is 0 Å². The van der Waals surface area contributed by atoms with Crippen LogP contribution in [0.4, 0.5) is 11.6 Å². The molecule has 0 saturated heterocycles. The van der Waals surface area contributed by atoms with Gasteiger partial charge in [-0.2, -0.15) is 0 Å². The molecule has 4 nitrogen and oxygen atoms in total. The fourth-order valence-electron chi connectivity index (χ4n) is 1.36. The van der Waals surface area contributed by atoms with Gasteiger partial charge in [-0.25, -0.2) is 0 Å². The Hall–Kier alpha value is -1.32. The van der Waals surface area contributed by atoms with Crippen molar-refractivity contribution in [1.82, 2.24) is 10.2 Å². The summed E-state index contributed by atoms with van der Waals surface area (Å²) in [5.41, 5.74) is 5.47. The third kappa shape index (κ3) is 2.58. The molecule has 1 aromatic heterocycles. The Kier molecular flexibility index (Phi) is 3.68. The summed E-state index contributed by atoms with van der Waals surface area (Å²) in [5, 5.41) is 7.86. The Morgan fingerprint density at radius 2 is 2.14 bits per heavy atom. The molecule has 14 heavy (non-hydrogen) atoms. The van der Waals surface area contributed by atoms with Gasteiger partial charge in [0.1, 0.15) is 5.82 Å². The van der Waals surface area contributed by atoms with E-state index in [9.17, 15) is 0 Å². The van der Waals surface area contributed by atoms with E-state index in [1.807, 2.05) is 13.1 Å². The quantitative estimate of drug-likeness (QED) is 0.792. The van der Waals surface area contributed by atoms with E-state index < -0.39 is 0 Å². The minimum absolute atomic E-state index is 0.463. The van der Waals surface area contributed by atoms with E-state index >= 15 is 0 Å². The Balaban J connectivity index is 2.68. The summed E-state index contributed by atoms with van der Waals surface area (Å²) in [4.78, 5) is 2.12. The summed E-state index contributed by atoms with van der Waals surface area (Å²) in [6.45, 7) is 4.36. The number of nitrogens with zero attached hydrogens (tertiary/aromatic N) is 3. The summed E-state index contributed by atoms with van der Waals surface area (Å²) < 4.78 is 0. The van der Waals surface area contributed by atoms with Crippen molar-refractivity contribution in [1.29, 1.82) is 0 Å². The molecule has 0 saturated carbocycles. The molecule has 0 amide bonds. The van der Waals surface area contributed by atoms with E-state index in [-0.39, 0.29) is 0 Å². The molecule has 1 rings (SSSR count). The van der Waals surface area contributed by atoms with Crippen LogP contribution < -0.4 is 10.6 Å². The fourth-order valence-corrected chi connectivity index (χ4v) is 1.36. The predicted molar refractivity (Wildman–Crippen MR) is 59.2 cm³/mol. The van der Waals surface area contributed by atoms with Gasteiger partial charge in [0.2, 0.25) is 0 Å². The normalized spacial score (nSPS) is 12.5. The van der Waals surface area contributed by atoms with Crippen molar-refractivity contribution < 1.29 is 0 Å². The zero-order valence-electron chi connectivity index (χ0n) is 9.07. The number of aromatic nitrogens is 2.